The Morgan fingerprint density at radius 2 is 1.95 bits per heavy atom. The Labute approximate surface area is 113 Å². The third kappa shape index (κ3) is 4.54. The SMILES string of the molecule is C=CC=CCCC(=O)C(C(=O)O)c1ccc(C)cc1. The van der Waals surface area contributed by atoms with E-state index in [1.807, 2.05) is 19.1 Å². The highest BCUT2D eigenvalue weighted by atomic mass is 16.4. The quantitative estimate of drug-likeness (QED) is 0.603. The number of aliphatic carboxylic acids is 1. The van der Waals surface area contributed by atoms with E-state index in [4.69, 9.17) is 0 Å². The number of allylic oxidation sites excluding steroid dienone is 3. The van der Waals surface area contributed by atoms with Gasteiger partial charge in [0.15, 0.2) is 5.78 Å². The second kappa shape index (κ2) is 7.31. The van der Waals surface area contributed by atoms with Crippen LogP contribution in [0.5, 0.6) is 0 Å². The van der Waals surface area contributed by atoms with E-state index in [9.17, 15) is 14.7 Å². The maximum absolute atomic E-state index is 12.0. The largest absolute Gasteiger partial charge is 0.480 e. The van der Waals surface area contributed by atoms with Crippen molar-refractivity contribution >= 4 is 11.8 Å². The molecular formula is C16H18O3. The second-order valence-electron chi connectivity index (χ2n) is 4.35. The smallest absolute Gasteiger partial charge is 0.318 e. The molecule has 3 heteroatoms. The lowest BCUT2D eigenvalue weighted by molar-refractivity contribution is -0.142. The molecule has 3 nitrogen and oxygen atoms in total. The summed E-state index contributed by atoms with van der Waals surface area (Å²) in [6.07, 6.45) is 5.92. The summed E-state index contributed by atoms with van der Waals surface area (Å²) < 4.78 is 0. The van der Waals surface area contributed by atoms with Gasteiger partial charge in [-0.25, -0.2) is 0 Å². The minimum atomic E-state index is -1.10. The highest BCUT2D eigenvalue weighted by Crippen LogP contribution is 2.20. The lowest BCUT2D eigenvalue weighted by Gasteiger charge is -2.11. The molecule has 0 spiro atoms. The van der Waals surface area contributed by atoms with Gasteiger partial charge >= 0.3 is 5.97 Å². The Balaban J connectivity index is 2.80. The zero-order valence-corrected chi connectivity index (χ0v) is 11.0. The van der Waals surface area contributed by atoms with E-state index in [1.165, 1.54) is 0 Å². The fraction of sp³-hybridized carbons (Fsp3) is 0.250. The van der Waals surface area contributed by atoms with Crippen molar-refractivity contribution in [2.24, 2.45) is 0 Å². The van der Waals surface area contributed by atoms with Crippen molar-refractivity contribution in [3.63, 3.8) is 0 Å². The Morgan fingerprint density at radius 3 is 2.47 bits per heavy atom. The number of carbonyl (C=O) groups is 2. The van der Waals surface area contributed by atoms with Crippen LogP contribution in [0.2, 0.25) is 0 Å². The number of hydrogen-bond donors (Lipinski definition) is 1. The molecule has 0 saturated carbocycles. The number of Topliss-reactive ketones (excluding diaryl/α,β-unsaturated/α-hetero) is 1. The summed E-state index contributed by atoms with van der Waals surface area (Å²) in [6, 6.07) is 7.03. The van der Waals surface area contributed by atoms with Gasteiger partial charge in [-0.05, 0) is 18.9 Å². The zero-order chi connectivity index (χ0) is 14.3. The average Bonchev–Trinajstić information content (AvgIpc) is 2.37. The number of benzene rings is 1. The highest BCUT2D eigenvalue weighted by Gasteiger charge is 2.26. The van der Waals surface area contributed by atoms with Gasteiger partial charge < -0.3 is 5.11 Å². The zero-order valence-electron chi connectivity index (χ0n) is 11.0. The molecule has 0 aliphatic carbocycles. The van der Waals surface area contributed by atoms with Crippen molar-refractivity contribution in [3.05, 3.63) is 60.2 Å². The molecule has 0 aliphatic rings. The average molecular weight is 258 g/mol. The normalized spacial score (nSPS) is 12.3. The van der Waals surface area contributed by atoms with Crippen LogP contribution in [0.4, 0.5) is 0 Å². The summed E-state index contributed by atoms with van der Waals surface area (Å²) in [5.41, 5.74) is 1.57. The standard InChI is InChI=1S/C16H18O3/c1-3-4-5-6-7-14(17)15(16(18)19)13-10-8-12(2)9-11-13/h3-5,8-11,15H,1,6-7H2,2H3,(H,18,19). The molecule has 1 rings (SSSR count). The Morgan fingerprint density at radius 1 is 1.32 bits per heavy atom. The number of hydrogen-bond acceptors (Lipinski definition) is 2. The molecule has 0 saturated heterocycles. The van der Waals surface area contributed by atoms with Crippen molar-refractivity contribution in [1.82, 2.24) is 0 Å². The third-order valence-corrected chi connectivity index (χ3v) is 2.81. The highest BCUT2D eigenvalue weighted by molar-refractivity contribution is 6.03. The van der Waals surface area contributed by atoms with Crippen LogP contribution in [-0.2, 0) is 9.59 Å². The van der Waals surface area contributed by atoms with E-state index in [-0.39, 0.29) is 12.2 Å². The first-order chi connectivity index (χ1) is 9.06. The maximum Gasteiger partial charge on any atom is 0.318 e. The van der Waals surface area contributed by atoms with Crippen LogP contribution in [0.15, 0.2) is 49.1 Å². The summed E-state index contributed by atoms with van der Waals surface area (Å²) in [5, 5.41) is 9.21. The van der Waals surface area contributed by atoms with E-state index in [0.29, 0.717) is 12.0 Å². The summed E-state index contributed by atoms with van der Waals surface area (Å²) >= 11 is 0. The first-order valence-electron chi connectivity index (χ1n) is 6.16. The first-order valence-corrected chi connectivity index (χ1v) is 6.16. The minimum absolute atomic E-state index is 0.217. The molecule has 0 aliphatic heterocycles. The second-order valence-corrected chi connectivity index (χ2v) is 4.35. The van der Waals surface area contributed by atoms with Gasteiger partial charge in [0.25, 0.3) is 0 Å². The van der Waals surface area contributed by atoms with Crippen molar-refractivity contribution in [2.45, 2.75) is 25.7 Å². The van der Waals surface area contributed by atoms with Gasteiger partial charge in [-0.1, -0.05) is 54.6 Å². The van der Waals surface area contributed by atoms with Crippen LogP contribution >= 0.6 is 0 Å². The van der Waals surface area contributed by atoms with Crippen LogP contribution < -0.4 is 0 Å². The molecule has 0 heterocycles. The summed E-state index contributed by atoms with van der Waals surface area (Å²) in [5.74, 6) is -2.44. The third-order valence-electron chi connectivity index (χ3n) is 2.81. The molecule has 0 fully saturated rings. The van der Waals surface area contributed by atoms with Gasteiger partial charge in [-0.15, -0.1) is 0 Å². The molecule has 1 aromatic carbocycles. The van der Waals surface area contributed by atoms with E-state index in [0.717, 1.165) is 5.56 Å². The molecule has 0 bridgehead atoms. The molecule has 0 aromatic heterocycles. The fourth-order valence-corrected chi connectivity index (χ4v) is 1.79. The predicted molar refractivity (Wildman–Crippen MR) is 75.1 cm³/mol. The number of aryl methyl sites for hydroxylation is 1. The molecule has 100 valence electrons. The Hall–Kier alpha value is -2.16. The van der Waals surface area contributed by atoms with E-state index in [1.54, 1.807) is 30.4 Å². The molecule has 0 radical (unpaired) electrons. The first kappa shape index (κ1) is 14.9. The maximum atomic E-state index is 12.0. The van der Waals surface area contributed by atoms with E-state index < -0.39 is 11.9 Å². The molecule has 0 amide bonds. The number of rotatable bonds is 7. The lowest BCUT2D eigenvalue weighted by Crippen LogP contribution is -2.21. The fourth-order valence-electron chi connectivity index (χ4n) is 1.79. The molecule has 1 unspecified atom stereocenters. The van der Waals surface area contributed by atoms with Gasteiger partial charge in [-0.3, -0.25) is 9.59 Å². The molecule has 1 atom stereocenters. The van der Waals surface area contributed by atoms with Gasteiger partial charge in [0.1, 0.15) is 5.92 Å². The van der Waals surface area contributed by atoms with Crippen LogP contribution in [-0.4, -0.2) is 16.9 Å². The number of carbonyl (C=O) groups excluding carboxylic acids is 1. The summed E-state index contributed by atoms with van der Waals surface area (Å²) in [7, 11) is 0. The number of carboxylic acids is 1. The number of ketones is 1. The molecular weight excluding hydrogens is 240 g/mol. The van der Waals surface area contributed by atoms with E-state index >= 15 is 0 Å². The van der Waals surface area contributed by atoms with Crippen LogP contribution in [0.25, 0.3) is 0 Å². The van der Waals surface area contributed by atoms with Crippen LogP contribution in [0, 0.1) is 6.92 Å². The van der Waals surface area contributed by atoms with Crippen LogP contribution in [0.3, 0.4) is 0 Å². The molecule has 19 heavy (non-hydrogen) atoms. The van der Waals surface area contributed by atoms with Crippen LogP contribution in [0.1, 0.15) is 29.9 Å². The predicted octanol–water partition coefficient (Wildman–Crippen LogP) is 3.25. The van der Waals surface area contributed by atoms with Gasteiger partial charge in [-0.2, -0.15) is 0 Å². The van der Waals surface area contributed by atoms with Crippen molar-refractivity contribution < 1.29 is 14.7 Å². The van der Waals surface area contributed by atoms with Crippen molar-refractivity contribution in [1.29, 1.82) is 0 Å². The van der Waals surface area contributed by atoms with Gasteiger partial charge in [0, 0.05) is 6.42 Å². The Kier molecular flexibility index (Phi) is 5.73. The monoisotopic (exact) mass is 258 g/mol. The summed E-state index contributed by atoms with van der Waals surface area (Å²) in [4.78, 5) is 23.3. The minimum Gasteiger partial charge on any atom is -0.480 e. The van der Waals surface area contributed by atoms with Gasteiger partial charge in [0.2, 0.25) is 0 Å². The molecule has 1 aromatic rings. The molecule has 1 N–H and O–H groups in total. The number of carboxylic acid groups (broad SMARTS) is 1. The van der Waals surface area contributed by atoms with Gasteiger partial charge in [0.05, 0.1) is 0 Å². The van der Waals surface area contributed by atoms with Crippen molar-refractivity contribution in [2.75, 3.05) is 0 Å². The Bertz CT molecular complexity index is 483. The van der Waals surface area contributed by atoms with E-state index in [2.05, 4.69) is 6.58 Å². The summed E-state index contributed by atoms with van der Waals surface area (Å²) in [6.45, 7) is 5.45. The topological polar surface area (TPSA) is 54.4 Å². The lowest BCUT2D eigenvalue weighted by atomic mass is 9.92. The van der Waals surface area contributed by atoms with Crippen molar-refractivity contribution in [3.8, 4) is 0 Å².